The molecule has 0 aliphatic heterocycles. The van der Waals surface area contributed by atoms with Crippen LogP contribution in [0.1, 0.15) is 78.2 Å². The number of oxime groups is 1. The van der Waals surface area contributed by atoms with Crippen LogP contribution >= 0.6 is 15.9 Å². The molecule has 0 aromatic carbocycles. The smallest absolute Gasteiger partial charge is 0.143 e. The summed E-state index contributed by atoms with van der Waals surface area (Å²) in [5.41, 5.74) is 4.11. The van der Waals surface area contributed by atoms with Crippen molar-refractivity contribution in [3.8, 4) is 0 Å². The highest BCUT2D eigenvalue weighted by Crippen LogP contribution is 2.69. The molecule has 0 spiro atoms. The van der Waals surface area contributed by atoms with Crippen LogP contribution in [-0.2, 0) is 11.4 Å². The Kier molecular flexibility index (Phi) is 6.12. The fourth-order valence-electron chi connectivity index (χ4n) is 8.51. The van der Waals surface area contributed by atoms with Crippen LogP contribution < -0.4 is 0 Å². The summed E-state index contributed by atoms with van der Waals surface area (Å²) in [6.45, 7) is 14.0. The Labute approximate surface area is 213 Å². The second kappa shape index (κ2) is 8.58. The molecule has 5 rings (SSSR count). The van der Waals surface area contributed by atoms with E-state index < -0.39 is 5.60 Å². The molecule has 5 heteroatoms. The normalized spacial score (nSPS) is 42.4. The molecule has 3 fully saturated rings. The predicted octanol–water partition coefficient (Wildman–Crippen LogP) is 7.23. The molecular weight excluding hydrogens is 488 g/mol. The van der Waals surface area contributed by atoms with Crippen molar-refractivity contribution >= 4 is 21.6 Å². The molecule has 1 N–H and O–H groups in total. The van der Waals surface area contributed by atoms with Gasteiger partial charge in [0.1, 0.15) is 6.61 Å². The maximum atomic E-state index is 11.6. The van der Waals surface area contributed by atoms with E-state index in [2.05, 4.69) is 59.5 Å². The van der Waals surface area contributed by atoms with E-state index in [1.54, 1.807) is 11.8 Å². The number of aromatic nitrogens is 1. The number of fused-ring (bicyclic) bond motifs is 5. The van der Waals surface area contributed by atoms with Gasteiger partial charge >= 0.3 is 0 Å². The lowest BCUT2D eigenvalue weighted by Crippen LogP contribution is -2.56. The van der Waals surface area contributed by atoms with Crippen molar-refractivity contribution in [3.05, 3.63) is 52.3 Å². The Morgan fingerprint density at radius 1 is 1.24 bits per heavy atom. The molecule has 0 saturated heterocycles. The van der Waals surface area contributed by atoms with Crippen molar-refractivity contribution in [1.82, 2.24) is 4.98 Å². The number of aliphatic hydroxyl groups is 1. The maximum absolute atomic E-state index is 11.6. The van der Waals surface area contributed by atoms with E-state index in [4.69, 9.17) is 4.84 Å². The summed E-state index contributed by atoms with van der Waals surface area (Å²) < 4.78 is 0.954. The SMILES string of the molecule is C=C(C)[C@@]1(O)CC[C@H]2[C@@H]3C[C@H](C)C4=C/C(=N\OCc5cncc(Br)c5)CC[C@]4(C)[C@H]3CC[C@@]21C. The van der Waals surface area contributed by atoms with Gasteiger partial charge in [0.2, 0.25) is 0 Å². The second-order valence-electron chi connectivity index (χ2n) is 12.0. The van der Waals surface area contributed by atoms with Gasteiger partial charge in [-0.05, 0) is 115 Å². The van der Waals surface area contributed by atoms with Crippen molar-refractivity contribution < 1.29 is 9.94 Å². The van der Waals surface area contributed by atoms with Crippen LogP contribution in [0.5, 0.6) is 0 Å². The van der Waals surface area contributed by atoms with E-state index in [0.717, 1.165) is 53.4 Å². The standard InChI is InChI=1S/C29H39BrN2O2/c1-18(2)29(33)11-8-25-23-12-19(3)26-14-22(32-34-17-20-13-21(30)16-31-15-20)6-9-27(26,4)24(23)7-10-28(25,29)5/h13-16,19,23-25,33H,1,6-12,17H2,2-5H3/b32-22-/t19-,23+,24-,25-,27+,28-,29-/m0/s1. The monoisotopic (exact) mass is 526 g/mol. The third-order valence-corrected chi connectivity index (χ3v) is 10.8. The van der Waals surface area contributed by atoms with Crippen molar-refractivity contribution in [3.63, 3.8) is 0 Å². The van der Waals surface area contributed by atoms with Gasteiger partial charge in [0.15, 0.2) is 0 Å². The second-order valence-corrected chi connectivity index (χ2v) is 12.9. The van der Waals surface area contributed by atoms with E-state index in [0.29, 0.717) is 30.3 Å². The first-order valence-corrected chi connectivity index (χ1v) is 13.8. The van der Waals surface area contributed by atoms with E-state index in [1.165, 1.54) is 12.8 Å². The van der Waals surface area contributed by atoms with Crippen LogP contribution in [0.4, 0.5) is 0 Å². The average molecular weight is 528 g/mol. The van der Waals surface area contributed by atoms with Crippen molar-refractivity contribution in [1.29, 1.82) is 0 Å². The summed E-state index contributed by atoms with van der Waals surface area (Å²) in [6, 6.07) is 2.02. The molecule has 34 heavy (non-hydrogen) atoms. The summed E-state index contributed by atoms with van der Waals surface area (Å²) in [4.78, 5) is 9.93. The first-order chi connectivity index (χ1) is 16.1. The Bertz CT molecular complexity index is 1050. The molecule has 0 radical (unpaired) electrons. The van der Waals surface area contributed by atoms with Crippen LogP contribution in [-0.4, -0.2) is 21.4 Å². The number of allylic oxidation sites excluding steroid dienone is 2. The first-order valence-electron chi connectivity index (χ1n) is 13.0. The third-order valence-electron chi connectivity index (χ3n) is 10.3. The highest BCUT2D eigenvalue weighted by Gasteiger charge is 2.64. The Balaban J connectivity index is 1.36. The molecule has 1 aromatic heterocycles. The number of pyridine rings is 1. The van der Waals surface area contributed by atoms with Crippen molar-refractivity contribution in [2.45, 2.75) is 84.8 Å². The van der Waals surface area contributed by atoms with Gasteiger partial charge in [0, 0.05) is 27.8 Å². The minimum atomic E-state index is -0.698. The summed E-state index contributed by atoms with van der Waals surface area (Å²) >= 11 is 3.46. The molecule has 4 aliphatic rings. The zero-order valence-corrected chi connectivity index (χ0v) is 22.7. The molecule has 1 aromatic rings. The van der Waals surface area contributed by atoms with E-state index in [-0.39, 0.29) is 10.8 Å². The fraction of sp³-hybridized carbons (Fsp3) is 0.655. The number of rotatable bonds is 4. The minimum Gasteiger partial charge on any atom is -0.391 e. The quantitative estimate of drug-likeness (QED) is 0.332. The Hall–Kier alpha value is -1.46. The van der Waals surface area contributed by atoms with Gasteiger partial charge in [-0.1, -0.05) is 38.1 Å². The first kappa shape index (κ1) is 24.2. The molecule has 3 saturated carbocycles. The Morgan fingerprint density at radius 2 is 2.00 bits per heavy atom. The summed E-state index contributed by atoms with van der Waals surface area (Å²) in [5.74, 6) is 2.50. The van der Waals surface area contributed by atoms with Crippen LogP contribution in [0.2, 0.25) is 0 Å². The largest absolute Gasteiger partial charge is 0.391 e. The molecule has 4 nitrogen and oxygen atoms in total. The van der Waals surface area contributed by atoms with Crippen molar-refractivity contribution in [2.24, 2.45) is 39.7 Å². The van der Waals surface area contributed by atoms with Crippen LogP contribution in [0.3, 0.4) is 0 Å². The van der Waals surface area contributed by atoms with Crippen LogP contribution in [0.25, 0.3) is 0 Å². The number of hydrogen-bond donors (Lipinski definition) is 1. The predicted molar refractivity (Wildman–Crippen MR) is 140 cm³/mol. The highest BCUT2D eigenvalue weighted by atomic mass is 79.9. The van der Waals surface area contributed by atoms with Gasteiger partial charge in [-0.2, -0.15) is 0 Å². The topological polar surface area (TPSA) is 54.7 Å². The number of hydrogen-bond acceptors (Lipinski definition) is 4. The van der Waals surface area contributed by atoms with E-state index in [1.807, 2.05) is 19.2 Å². The van der Waals surface area contributed by atoms with Gasteiger partial charge in [-0.25, -0.2) is 0 Å². The molecule has 0 bridgehead atoms. The Morgan fingerprint density at radius 3 is 2.74 bits per heavy atom. The zero-order valence-electron chi connectivity index (χ0n) is 21.1. The van der Waals surface area contributed by atoms with Gasteiger partial charge in [-0.15, -0.1) is 0 Å². The summed E-state index contributed by atoms with van der Waals surface area (Å²) in [7, 11) is 0. The minimum absolute atomic E-state index is 0.0340. The molecule has 1 heterocycles. The average Bonchev–Trinajstić information content (AvgIpc) is 3.07. The van der Waals surface area contributed by atoms with Crippen LogP contribution in [0.15, 0.2) is 51.9 Å². The summed E-state index contributed by atoms with van der Waals surface area (Å²) in [5, 5.41) is 16.2. The fourth-order valence-corrected chi connectivity index (χ4v) is 8.92. The summed E-state index contributed by atoms with van der Waals surface area (Å²) in [6.07, 6.45) is 13.6. The lowest BCUT2D eigenvalue weighted by molar-refractivity contribution is -0.112. The lowest BCUT2D eigenvalue weighted by atomic mass is 9.44. The number of nitrogens with zero attached hydrogens (tertiary/aromatic N) is 2. The lowest BCUT2D eigenvalue weighted by Gasteiger charge is -2.60. The maximum Gasteiger partial charge on any atom is 0.143 e. The van der Waals surface area contributed by atoms with Gasteiger partial charge in [-0.3, -0.25) is 4.98 Å². The van der Waals surface area contributed by atoms with Gasteiger partial charge < -0.3 is 9.94 Å². The van der Waals surface area contributed by atoms with E-state index in [9.17, 15) is 5.11 Å². The molecule has 7 atom stereocenters. The number of halogens is 1. The molecule has 184 valence electrons. The third kappa shape index (κ3) is 3.64. The van der Waals surface area contributed by atoms with Crippen molar-refractivity contribution in [2.75, 3.05) is 0 Å². The molecular formula is C29H39BrN2O2. The van der Waals surface area contributed by atoms with Gasteiger partial charge in [0.05, 0.1) is 11.3 Å². The molecule has 0 unspecified atom stereocenters. The molecule has 4 aliphatic carbocycles. The highest BCUT2D eigenvalue weighted by molar-refractivity contribution is 9.10. The zero-order chi connectivity index (χ0) is 24.3. The van der Waals surface area contributed by atoms with Crippen LogP contribution in [0, 0.1) is 34.5 Å². The molecule has 0 amide bonds. The van der Waals surface area contributed by atoms with E-state index >= 15 is 0 Å². The van der Waals surface area contributed by atoms with Gasteiger partial charge in [0.25, 0.3) is 0 Å².